The van der Waals surface area contributed by atoms with Gasteiger partial charge in [-0.15, -0.1) is 11.3 Å². The lowest BCUT2D eigenvalue weighted by molar-refractivity contribution is -0.140. The minimum Gasteiger partial charge on any atom is -0.353 e. The largest absolute Gasteiger partial charge is 0.434 e. The Labute approximate surface area is 167 Å². The third-order valence-electron chi connectivity index (χ3n) is 4.14. The molecule has 0 bridgehead atoms. The van der Waals surface area contributed by atoms with Crippen LogP contribution in [0.2, 0.25) is 0 Å². The predicted octanol–water partition coefficient (Wildman–Crippen LogP) is 6.46. The van der Waals surface area contributed by atoms with Gasteiger partial charge in [-0.25, -0.2) is 4.98 Å². The van der Waals surface area contributed by atoms with Crippen LogP contribution < -0.4 is 10.6 Å². The number of hydrogen-bond donors (Lipinski definition) is 2. The SMILES string of the molecule is CC(C)c1cccc(C(C)C)c1NC(=S)NC(C)c1nc(C(F)(F)F)cs1. The molecule has 1 aromatic carbocycles. The van der Waals surface area contributed by atoms with Crippen molar-refractivity contribution in [2.45, 2.75) is 58.7 Å². The van der Waals surface area contributed by atoms with Crippen LogP contribution in [0.1, 0.15) is 74.3 Å². The maximum absolute atomic E-state index is 12.7. The van der Waals surface area contributed by atoms with E-state index in [0.717, 1.165) is 33.5 Å². The lowest BCUT2D eigenvalue weighted by Gasteiger charge is -2.22. The van der Waals surface area contributed by atoms with Gasteiger partial charge in [0.25, 0.3) is 0 Å². The first-order valence-corrected chi connectivity index (χ1v) is 10.0. The van der Waals surface area contributed by atoms with E-state index in [0.29, 0.717) is 22.0 Å². The topological polar surface area (TPSA) is 37.0 Å². The molecule has 8 heteroatoms. The van der Waals surface area contributed by atoms with Gasteiger partial charge in [-0.05, 0) is 42.1 Å². The van der Waals surface area contributed by atoms with Crippen LogP contribution in [-0.2, 0) is 6.18 Å². The Bertz CT molecular complexity index is 771. The van der Waals surface area contributed by atoms with Crippen molar-refractivity contribution < 1.29 is 13.2 Å². The van der Waals surface area contributed by atoms with Crippen LogP contribution in [0.15, 0.2) is 23.6 Å². The third-order valence-corrected chi connectivity index (χ3v) is 5.39. The highest BCUT2D eigenvalue weighted by molar-refractivity contribution is 7.80. The number of hydrogen-bond acceptors (Lipinski definition) is 3. The van der Waals surface area contributed by atoms with E-state index < -0.39 is 17.9 Å². The highest BCUT2D eigenvalue weighted by Crippen LogP contribution is 2.33. The first-order valence-electron chi connectivity index (χ1n) is 8.73. The molecular weight excluding hydrogens is 391 g/mol. The number of benzene rings is 1. The molecule has 0 radical (unpaired) electrons. The summed E-state index contributed by atoms with van der Waals surface area (Å²) in [5.74, 6) is 0.611. The summed E-state index contributed by atoms with van der Waals surface area (Å²) < 4.78 is 38.2. The molecule has 3 nitrogen and oxygen atoms in total. The van der Waals surface area contributed by atoms with Crippen LogP contribution in [0.4, 0.5) is 18.9 Å². The van der Waals surface area contributed by atoms with Crippen LogP contribution in [0.5, 0.6) is 0 Å². The molecule has 0 aliphatic heterocycles. The molecule has 148 valence electrons. The smallest absolute Gasteiger partial charge is 0.353 e. The number of para-hydroxylation sites is 1. The van der Waals surface area contributed by atoms with Gasteiger partial charge in [-0.2, -0.15) is 13.2 Å². The zero-order chi connectivity index (χ0) is 20.4. The van der Waals surface area contributed by atoms with E-state index in [4.69, 9.17) is 12.2 Å². The summed E-state index contributed by atoms with van der Waals surface area (Å²) in [5.41, 5.74) is 2.38. The second kappa shape index (κ2) is 8.56. The minimum absolute atomic E-state index is 0.305. The zero-order valence-electron chi connectivity index (χ0n) is 15.9. The van der Waals surface area contributed by atoms with Crippen LogP contribution in [0.25, 0.3) is 0 Å². The van der Waals surface area contributed by atoms with E-state index >= 15 is 0 Å². The Morgan fingerprint density at radius 2 is 1.63 bits per heavy atom. The first kappa shape index (κ1) is 21.6. The van der Waals surface area contributed by atoms with E-state index in [-0.39, 0.29) is 0 Å². The molecule has 2 rings (SSSR count). The number of aromatic nitrogens is 1. The molecule has 2 N–H and O–H groups in total. The number of thiocarbonyl (C=S) groups is 1. The number of nitrogens with zero attached hydrogens (tertiary/aromatic N) is 1. The van der Waals surface area contributed by atoms with Gasteiger partial charge >= 0.3 is 6.18 Å². The number of halogens is 3. The van der Waals surface area contributed by atoms with Gasteiger partial charge in [-0.1, -0.05) is 45.9 Å². The molecule has 0 aliphatic carbocycles. The Balaban J connectivity index is 2.17. The highest BCUT2D eigenvalue weighted by Gasteiger charge is 2.34. The van der Waals surface area contributed by atoms with Gasteiger partial charge in [0.05, 0.1) is 6.04 Å². The number of rotatable bonds is 5. The van der Waals surface area contributed by atoms with Gasteiger partial charge in [0.15, 0.2) is 10.8 Å². The Morgan fingerprint density at radius 1 is 1.07 bits per heavy atom. The Kier molecular flexibility index (Phi) is 6.86. The molecule has 2 aromatic rings. The fourth-order valence-electron chi connectivity index (χ4n) is 2.72. The molecule has 0 fully saturated rings. The van der Waals surface area contributed by atoms with Gasteiger partial charge in [-0.3, -0.25) is 0 Å². The molecule has 0 saturated heterocycles. The number of alkyl halides is 3. The fourth-order valence-corrected chi connectivity index (χ4v) is 3.83. The minimum atomic E-state index is -4.43. The van der Waals surface area contributed by atoms with Crippen molar-refractivity contribution in [1.29, 1.82) is 0 Å². The summed E-state index contributed by atoms with van der Waals surface area (Å²) in [6.07, 6.45) is -4.43. The van der Waals surface area contributed by atoms with Crippen molar-refractivity contribution in [3.8, 4) is 0 Å². The quantitative estimate of drug-likeness (QED) is 0.550. The molecule has 0 amide bonds. The predicted molar refractivity (Wildman–Crippen MR) is 110 cm³/mol. The zero-order valence-corrected chi connectivity index (χ0v) is 17.6. The number of thiazole rings is 1. The lowest BCUT2D eigenvalue weighted by Crippen LogP contribution is -2.31. The second-order valence-electron chi connectivity index (χ2n) is 7.01. The summed E-state index contributed by atoms with van der Waals surface area (Å²) in [5, 5.41) is 8.02. The van der Waals surface area contributed by atoms with E-state index in [9.17, 15) is 13.2 Å². The molecule has 1 aromatic heterocycles. The average molecular weight is 416 g/mol. The molecule has 0 saturated carbocycles. The highest BCUT2D eigenvalue weighted by atomic mass is 32.1. The number of anilines is 1. The van der Waals surface area contributed by atoms with Crippen LogP contribution in [0.3, 0.4) is 0 Å². The molecule has 27 heavy (non-hydrogen) atoms. The summed E-state index contributed by atoms with van der Waals surface area (Å²) in [7, 11) is 0. The molecule has 0 aliphatic rings. The first-order chi connectivity index (χ1) is 12.5. The lowest BCUT2D eigenvalue weighted by atomic mass is 9.93. The average Bonchev–Trinajstić information content (AvgIpc) is 3.04. The normalized spacial score (nSPS) is 13.1. The molecule has 1 unspecified atom stereocenters. The van der Waals surface area contributed by atoms with Crippen molar-refractivity contribution >= 4 is 34.4 Å². The number of nitrogens with one attached hydrogen (secondary N) is 2. The summed E-state index contributed by atoms with van der Waals surface area (Å²) in [6.45, 7) is 10.2. The standard InChI is InChI=1S/C19H24F3N3S2/c1-10(2)13-7-6-8-14(11(3)4)16(13)25-18(26)23-12(5)17-24-15(9-27-17)19(20,21)22/h6-12H,1-5H3,(H2,23,25,26). The van der Waals surface area contributed by atoms with E-state index in [2.05, 4.69) is 55.4 Å². The van der Waals surface area contributed by atoms with Gasteiger partial charge in [0.2, 0.25) is 0 Å². The van der Waals surface area contributed by atoms with Gasteiger partial charge < -0.3 is 10.6 Å². The Morgan fingerprint density at radius 3 is 2.07 bits per heavy atom. The van der Waals surface area contributed by atoms with Crippen LogP contribution in [-0.4, -0.2) is 10.1 Å². The van der Waals surface area contributed by atoms with Crippen molar-refractivity contribution in [2.24, 2.45) is 0 Å². The van der Waals surface area contributed by atoms with Crippen LogP contribution in [0, 0.1) is 0 Å². The van der Waals surface area contributed by atoms with Crippen molar-refractivity contribution in [3.05, 3.63) is 45.4 Å². The molecule has 0 spiro atoms. The summed E-state index contributed by atoms with van der Waals surface area (Å²) in [4.78, 5) is 3.68. The van der Waals surface area contributed by atoms with E-state index in [1.807, 2.05) is 6.07 Å². The van der Waals surface area contributed by atoms with Crippen molar-refractivity contribution in [1.82, 2.24) is 10.3 Å². The Hall–Kier alpha value is -1.67. The monoisotopic (exact) mass is 415 g/mol. The van der Waals surface area contributed by atoms with Gasteiger partial charge in [0.1, 0.15) is 5.01 Å². The summed E-state index contributed by atoms with van der Waals surface area (Å²) >= 11 is 6.39. The molecule has 1 heterocycles. The second-order valence-corrected chi connectivity index (χ2v) is 8.31. The van der Waals surface area contributed by atoms with Crippen LogP contribution >= 0.6 is 23.6 Å². The molecule has 1 atom stereocenters. The van der Waals surface area contributed by atoms with E-state index in [1.54, 1.807) is 6.92 Å². The third kappa shape index (κ3) is 5.42. The molecular formula is C19H24F3N3S2. The maximum atomic E-state index is 12.7. The van der Waals surface area contributed by atoms with Gasteiger partial charge in [0, 0.05) is 11.1 Å². The van der Waals surface area contributed by atoms with E-state index in [1.165, 1.54) is 0 Å². The maximum Gasteiger partial charge on any atom is 0.434 e. The van der Waals surface area contributed by atoms with Crippen molar-refractivity contribution in [2.75, 3.05) is 5.32 Å². The van der Waals surface area contributed by atoms with Crippen molar-refractivity contribution in [3.63, 3.8) is 0 Å². The fraction of sp³-hybridized carbons (Fsp3) is 0.474. The summed E-state index contributed by atoms with van der Waals surface area (Å²) in [6, 6.07) is 5.71.